The molecule has 1 aromatic rings. The summed E-state index contributed by atoms with van der Waals surface area (Å²) >= 11 is 0. The van der Waals surface area contributed by atoms with Gasteiger partial charge in [-0.25, -0.2) is 0 Å². The Hall–Kier alpha value is -1.35. The van der Waals surface area contributed by atoms with Gasteiger partial charge < -0.3 is 10.6 Å². The van der Waals surface area contributed by atoms with Gasteiger partial charge in [0.15, 0.2) is 0 Å². The second-order valence-corrected chi connectivity index (χ2v) is 5.74. The summed E-state index contributed by atoms with van der Waals surface area (Å²) in [5, 5.41) is 0. The van der Waals surface area contributed by atoms with E-state index in [9.17, 15) is 4.79 Å². The molecule has 0 radical (unpaired) electrons. The van der Waals surface area contributed by atoms with Gasteiger partial charge in [0, 0.05) is 12.6 Å². The van der Waals surface area contributed by atoms with Gasteiger partial charge in [0.05, 0.1) is 0 Å². The Balaban J connectivity index is 2.92. The van der Waals surface area contributed by atoms with Crippen LogP contribution in [-0.2, 0) is 4.79 Å². The van der Waals surface area contributed by atoms with Crippen LogP contribution in [-0.4, -0.2) is 23.4 Å². The number of carbonyl (C=O) groups excluding carboxylic acids is 1. The summed E-state index contributed by atoms with van der Waals surface area (Å²) in [6.07, 6.45) is 1.94. The van der Waals surface area contributed by atoms with Gasteiger partial charge in [-0.15, -0.1) is 0 Å². The van der Waals surface area contributed by atoms with Crippen LogP contribution < -0.4 is 5.73 Å². The predicted octanol–water partition coefficient (Wildman–Crippen LogP) is 3.36. The fraction of sp³-hybridized carbons (Fsp3) is 0.588. The maximum absolute atomic E-state index is 12.7. The molecule has 0 saturated heterocycles. The van der Waals surface area contributed by atoms with E-state index < -0.39 is 6.04 Å². The van der Waals surface area contributed by atoms with Crippen molar-refractivity contribution in [3.8, 4) is 0 Å². The summed E-state index contributed by atoms with van der Waals surface area (Å²) in [5.41, 5.74) is 7.06. The maximum atomic E-state index is 12.7. The highest BCUT2D eigenvalue weighted by Gasteiger charge is 2.27. The van der Waals surface area contributed by atoms with Crippen molar-refractivity contribution in [2.45, 2.75) is 52.6 Å². The van der Waals surface area contributed by atoms with Crippen LogP contribution in [0.3, 0.4) is 0 Å². The molecule has 0 spiro atoms. The third kappa shape index (κ3) is 4.34. The normalized spacial score (nSPS) is 12.8. The van der Waals surface area contributed by atoms with E-state index in [2.05, 4.69) is 27.7 Å². The van der Waals surface area contributed by atoms with Crippen molar-refractivity contribution in [3.63, 3.8) is 0 Å². The smallest absolute Gasteiger partial charge is 0.244 e. The zero-order valence-electron chi connectivity index (χ0n) is 13.2. The van der Waals surface area contributed by atoms with Gasteiger partial charge in [-0.2, -0.15) is 0 Å². The van der Waals surface area contributed by atoms with Gasteiger partial charge in [0.2, 0.25) is 5.91 Å². The van der Waals surface area contributed by atoms with Gasteiger partial charge in [0.1, 0.15) is 6.04 Å². The first kappa shape index (κ1) is 16.7. The van der Waals surface area contributed by atoms with E-state index in [0.29, 0.717) is 5.92 Å². The molecule has 1 atom stereocenters. The summed E-state index contributed by atoms with van der Waals surface area (Å²) in [4.78, 5) is 14.7. The standard InChI is InChI=1S/C17H28N2O/c1-5-15(6-2)19(12-13(3)4)17(20)16(18)14-10-8-7-9-11-14/h7-11,13,15-16H,5-6,12,18H2,1-4H3/t16-/m1/s1. The fourth-order valence-electron chi connectivity index (χ4n) is 2.52. The summed E-state index contributed by atoms with van der Waals surface area (Å²) in [7, 11) is 0. The van der Waals surface area contributed by atoms with Crippen LogP contribution in [0.4, 0.5) is 0 Å². The Kier molecular flexibility index (Phi) is 6.73. The number of rotatable bonds is 7. The van der Waals surface area contributed by atoms with Crippen LogP contribution in [0.25, 0.3) is 0 Å². The Morgan fingerprint density at radius 1 is 1.15 bits per heavy atom. The molecule has 0 aliphatic rings. The molecule has 20 heavy (non-hydrogen) atoms. The van der Waals surface area contributed by atoms with Crippen LogP contribution in [0.1, 0.15) is 52.1 Å². The average Bonchev–Trinajstić information content (AvgIpc) is 2.46. The molecule has 0 fully saturated rings. The Morgan fingerprint density at radius 3 is 2.15 bits per heavy atom. The van der Waals surface area contributed by atoms with Crippen LogP contribution in [0, 0.1) is 5.92 Å². The van der Waals surface area contributed by atoms with Gasteiger partial charge in [-0.1, -0.05) is 58.0 Å². The van der Waals surface area contributed by atoms with E-state index in [0.717, 1.165) is 24.9 Å². The molecule has 0 aromatic heterocycles. The maximum Gasteiger partial charge on any atom is 0.244 e. The van der Waals surface area contributed by atoms with Crippen LogP contribution >= 0.6 is 0 Å². The quantitative estimate of drug-likeness (QED) is 0.830. The zero-order valence-corrected chi connectivity index (χ0v) is 13.2. The highest BCUT2D eigenvalue weighted by atomic mass is 16.2. The number of amides is 1. The highest BCUT2D eigenvalue weighted by Crippen LogP contribution is 2.19. The van der Waals surface area contributed by atoms with E-state index >= 15 is 0 Å². The summed E-state index contributed by atoms with van der Waals surface area (Å²) in [5.74, 6) is 0.487. The topological polar surface area (TPSA) is 46.3 Å². The van der Waals surface area contributed by atoms with Gasteiger partial charge in [0.25, 0.3) is 0 Å². The van der Waals surface area contributed by atoms with E-state index in [1.165, 1.54) is 0 Å². The van der Waals surface area contributed by atoms with Crippen LogP contribution in [0.2, 0.25) is 0 Å². The molecule has 112 valence electrons. The average molecular weight is 276 g/mol. The molecule has 0 aliphatic heterocycles. The molecule has 3 nitrogen and oxygen atoms in total. The van der Waals surface area contributed by atoms with Crippen molar-refractivity contribution in [1.82, 2.24) is 4.90 Å². The number of nitrogens with zero attached hydrogens (tertiary/aromatic N) is 1. The van der Waals surface area contributed by atoms with E-state index in [1.807, 2.05) is 35.2 Å². The SMILES string of the molecule is CCC(CC)N(CC(C)C)C(=O)[C@H](N)c1ccccc1. The minimum atomic E-state index is -0.560. The number of hydrogen-bond donors (Lipinski definition) is 1. The molecule has 3 heteroatoms. The summed E-state index contributed by atoms with van der Waals surface area (Å²) in [6.45, 7) is 9.30. The zero-order chi connectivity index (χ0) is 15.1. The number of nitrogens with two attached hydrogens (primary N) is 1. The second-order valence-electron chi connectivity index (χ2n) is 5.74. The van der Waals surface area contributed by atoms with Crippen molar-refractivity contribution >= 4 is 5.91 Å². The lowest BCUT2D eigenvalue weighted by Gasteiger charge is -2.34. The fourth-order valence-corrected chi connectivity index (χ4v) is 2.52. The molecule has 2 N–H and O–H groups in total. The first-order valence-corrected chi connectivity index (χ1v) is 7.62. The van der Waals surface area contributed by atoms with Crippen LogP contribution in [0.5, 0.6) is 0 Å². The molecule has 1 amide bonds. The lowest BCUT2D eigenvalue weighted by Crippen LogP contribution is -2.46. The largest absolute Gasteiger partial charge is 0.338 e. The van der Waals surface area contributed by atoms with Crippen molar-refractivity contribution in [2.24, 2.45) is 11.7 Å². The highest BCUT2D eigenvalue weighted by molar-refractivity contribution is 5.83. The first-order valence-electron chi connectivity index (χ1n) is 7.62. The molecule has 0 heterocycles. The van der Waals surface area contributed by atoms with Crippen LogP contribution in [0.15, 0.2) is 30.3 Å². The van der Waals surface area contributed by atoms with Crippen molar-refractivity contribution in [3.05, 3.63) is 35.9 Å². The van der Waals surface area contributed by atoms with E-state index in [1.54, 1.807) is 0 Å². The van der Waals surface area contributed by atoms with E-state index in [4.69, 9.17) is 5.73 Å². The van der Waals surface area contributed by atoms with Crippen molar-refractivity contribution in [2.75, 3.05) is 6.54 Å². The number of benzene rings is 1. The third-order valence-corrected chi connectivity index (χ3v) is 3.65. The molecule has 1 rings (SSSR count). The lowest BCUT2D eigenvalue weighted by molar-refractivity contribution is -0.136. The minimum absolute atomic E-state index is 0.0404. The van der Waals surface area contributed by atoms with E-state index in [-0.39, 0.29) is 11.9 Å². The summed E-state index contributed by atoms with van der Waals surface area (Å²) < 4.78 is 0. The van der Waals surface area contributed by atoms with Crippen molar-refractivity contribution < 1.29 is 4.79 Å². The molecule has 1 aromatic carbocycles. The number of hydrogen-bond acceptors (Lipinski definition) is 2. The van der Waals surface area contributed by atoms with Gasteiger partial charge in [-0.05, 0) is 24.3 Å². The first-order chi connectivity index (χ1) is 9.51. The predicted molar refractivity (Wildman–Crippen MR) is 84.3 cm³/mol. The second kappa shape index (κ2) is 8.05. The number of carbonyl (C=O) groups is 1. The lowest BCUT2D eigenvalue weighted by atomic mass is 10.0. The van der Waals surface area contributed by atoms with Gasteiger partial charge in [-0.3, -0.25) is 4.79 Å². The molecule has 0 saturated carbocycles. The monoisotopic (exact) mass is 276 g/mol. The molecule has 0 bridgehead atoms. The molecule has 0 unspecified atom stereocenters. The third-order valence-electron chi connectivity index (χ3n) is 3.65. The van der Waals surface area contributed by atoms with Crippen molar-refractivity contribution in [1.29, 1.82) is 0 Å². The molecular weight excluding hydrogens is 248 g/mol. The molecule has 0 aliphatic carbocycles. The summed E-state index contributed by atoms with van der Waals surface area (Å²) in [6, 6.07) is 9.34. The Bertz CT molecular complexity index is 399. The van der Waals surface area contributed by atoms with Gasteiger partial charge >= 0.3 is 0 Å². The Morgan fingerprint density at radius 2 is 1.70 bits per heavy atom. The Labute approximate surface area is 123 Å². The minimum Gasteiger partial charge on any atom is -0.338 e. The molecular formula is C17H28N2O.